The number of rotatable bonds is 8. The zero-order valence-electron chi connectivity index (χ0n) is 30.9. The predicted molar refractivity (Wildman–Crippen MR) is 202 cm³/mol. The quantitative estimate of drug-likeness (QED) is 0.0846. The number of aromatic nitrogens is 4. The van der Waals surface area contributed by atoms with Gasteiger partial charge in [0.25, 0.3) is 0 Å². The molecule has 2 aliphatic heterocycles. The number of esters is 2. The second-order valence-corrected chi connectivity index (χ2v) is 11.0. The topological polar surface area (TPSA) is 438 Å². The van der Waals surface area contributed by atoms with Gasteiger partial charge < -0.3 is 73.3 Å². The van der Waals surface area contributed by atoms with Crippen molar-refractivity contribution in [2.45, 2.75) is 24.4 Å². The van der Waals surface area contributed by atoms with Crippen LogP contribution in [-0.4, -0.2) is 134 Å². The molecule has 0 unspecified atom stereocenters. The van der Waals surface area contributed by atoms with E-state index in [-0.39, 0.29) is 0 Å². The highest BCUT2D eigenvalue weighted by atomic mass is 16.6. The van der Waals surface area contributed by atoms with Crippen LogP contribution >= 0.6 is 0 Å². The highest BCUT2D eigenvalue weighted by Crippen LogP contribution is 2.21. The van der Waals surface area contributed by atoms with Gasteiger partial charge in [-0.15, -0.1) is 0 Å². The molecule has 24 nitrogen and oxygen atoms in total. The summed E-state index contributed by atoms with van der Waals surface area (Å²) in [6, 6.07) is 12.6. The van der Waals surface area contributed by atoms with Gasteiger partial charge in [-0.2, -0.15) is 0 Å². The number of nitrogens with two attached hydrogens (primary N) is 4. The van der Waals surface area contributed by atoms with Crippen molar-refractivity contribution in [1.29, 1.82) is 0 Å². The molecule has 0 spiro atoms. The van der Waals surface area contributed by atoms with E-state index in [4.69, 9.17) is 63.8 Å². The first kappa shape index (κ1) is 50.0. The highest BCUT2D eigenvalue weighted by Gasteiger charge is 2.39. The minimum Gasteiger partial charge on any atom is -0.505 e. The van der Waals surface area contributed by atoms with Crippen LogP contribution in [0.1, 0.15) is 41.4 Å². The Kier molecular flexibility index (Phi) is 21.6. The third kappa shape index (κ3) is 17.0. The number of pyridine rings is 4. The van der Waals surface area contributed by atoms with Crippen LogP contribution in [0.5, 0.6) is 0 Å². The lowest BCUT2D eigenvalue weighted by atomic mass is 10.2. The number of hydrogen-bond donors (Lipinski definition) is 12. The summed E-state index contributed by atoms with van der Waals surface area (Å²) in [4.78, 5) is 77.5. The summed E-state index contributed by atoms with van der Waals surface area (Å²) in [5.41, 5.74) is 21.8. The molecule has 0 aromatic carbocycles. The zero-order chi connectivity index (χ0) is 45.4. The SMILES string of the molecule is NC(=O)c1ccncc1.NC(=O)c1ccncc1.NC(=O)c1ccncc1.NC(=O)c1ccncc1.O=C1O[C@H]([C@@H](O)CO)C(O)=C1O.O=C1O[C@H]([C@@H](O)CO)C(O)=C1O. The van der Waals surface area contributed by atoms with Crippen LogP contribution in [0, 0.1) is 0 Å². The van der Waals surface area contributed by atoms with Crippen molar-refractivity contribution >= 4 is 35.6 Å². The lowest BCUT2D eigenvalue weighted by molar-refractivity contribution is -0.148. The maximum absolute atomic E-state index is 10.5. The van der Waals surface area contributed by atoms with Gasteiger partial charge in [0, 0.05) is 71.8 Å². The smallest absolute Gasteiger partial charge is 0.377 e. The lowest BCUT2D eigenvalue weighted by Gasteiger charge is -2.13. The molecule has 60 heavy (non-hydrogen) atoms. The van der Waals surface area contributed by atoms with E-state index in [0.717, 1.165) is 0 Å². The first-order chi connectivity index (χ1) is 28.4. The van der Waals surface area contributed by atoms with Crippen molar-refractivity contribution < 1.29 is 79.1 Å². The van der Waals surface area contributed by atoms with Crippen LogP contribution in [0.3, 0.4) is 0 Å². The van der Waals surface area contributed by atoms with Gasteiger partial charge in [-0.25, -0.2) is 9.59 Å². The van der Waals surface area contributed by atoms with Gasteiger partial charge in [-0.05, 0) is 48.5 Å². The molecule has 2 aliphatic rings. The third-order valence-corrected chi connectivity index (χ3v) is 6.81. The average Bonchev–Trinajstić information content (AvgIpc) is 3.68. The molecule has 4 amide bonds. The van der Waals surface area contributed by atoms with E-state index in [2.05, 4.69) is 29.4 Å². The van der Waals surface area contributed by atoms with Crippen molar-refractivity contribution in [3.05, 3.63) is 143 Å². The number of carbonyl (C=O) groups is 6. The van der Waals surface area contributed by atoms with Gasteiger partial charge in [0.15, 0.2) is 23.7 Å². The molecule has 4 atom stereocenters. The molecule has 0 saturated heterocycles. The second kappa shape index (κ2) is 26.0. The number of cyclic esters (lactones) is 2. The van der Waals surface area contributed by atoms with Crippen LogP contribution in [-0.2, 0) is 19.1 Å². The fraction of sp³-hybridized carbons (Fsp3) is 0.167. The van der Waals surface area contributed by atoms with E-state index >= 15 is 0 Å². The first-order valence-corrected chi connectivity index (χ1v) is 16.4. The van der Waals surface area contributed by atoms with E-state index < -0.39 is 96.2 Å². The standard InChI is InChI=1S/4C6H6N2O.2C6H8O6/c4*7-6(9)5-1-3-8-4-2-5;2*7-1-2(8)5-3(9)4(10)6(11)12-5/h4*1-4H,(H2,7,9);2*2,5,7-10H,1H2/t;;;;2*2-,5+/m....00/s1. The Morgan fingerprint density at radius 2 is 0.683 bits per heavy atom. The van der Waals surface area contributed by atoms with E-state index in [0.29, 0.717) is 22.3 Å². The fourth-order valence-corrected chi connectivity index (χ4v) is 3.71. The molecular formula is C36H40N8O16. The van der Waals surface area contributed by atoms with E-state index in [9.17, 15) is 28.8 Å². The molecule has 6 rings (SSSR count). The number of amides is 4. The molecule has 4 aromatic heterocycles. The number of ether oxygens (including phenoxy) is 2. The van der Waals surface area contributed by atoms with Crippen LogP contribution in [0.15, 0.2) is 121 Å². The van der Waals surface area contributed by atoms with Gasteiger partial charge in [-0.1, -0.05) is 0 Å². The molecule has 320 valence electrons. The first-order valence-electron chi connectivity index (χ1n) is 16.4. The van der Waals surface area contributed by atoms with Crippen molar-refractivity contribution in [2.75, 3.05) is 13.2 Å². The average molecular weight is 841 g/mol. The molecule has 24 heteroatoms. The molecule has 0 bridgehead atoms. The maximum Gasteiger partial charge on any atom is 0.377 e. The van der Waals surface area contributed by atoms with Crippen LogP contribution in [0.2, 0.25) is 0 Å². The molecule has 6 heterocycles. The van der Waals surface area contributed by atoms with Gasteiger partial charge in [0.1, 0.15) is 12.2 Å². The Hall–Kier alpha value is -8.06. The molecule has 0 saturated carbocycles. The summed E-state index contributed by atoms with van der Waals surface area (Å²) in [5, 5.41) is 70.1. The van der Waals surface area contributed by atoms with E-state index in [1.165, 1.54) is 49.6 Å². The number of primary amides is 4. The maximum atomic E-state index is 10.5. The van der Waals surface area contributed by atoms with Gasteiger partial charge in [-0.3, -0.25) is 39.1 Å². The minimum atomic E-state index is -1.42. The predicted octanol–water partition coefficient (Wildman–Crippen LogP) is -2.09. The Labute approximate surface area is 338 Å². The van der Waals surface area contributed by atoms with Crippen LogP contribution < -0.4 is 22.9 Å². The van der Waals surface area contributed by atoms with E-state index in [1.54, 1.807) is 48.5 Å². The van der Waals surface area contributed by atoms with Gasteiger partial charge in [0.05, 0.1) is 13.2 Å². The molecule has 0 aliphatic carbocycles. The third-order valence-electron chi connectivity index (χ3n) is 6.81. The van der Waals surface area contributed by atoms with Crippen LogP contribution in [0.25, 0.3) is 0 Å². The number of hydrogen-bond acceptors (Lipinski definition) is 20. The van der Waals surface area contributed by atoms with Crippen molar-refractivity contribution in [3.63, 3.8) is 0 Å². The Morgan fingerprint density at radius 1 is 0.483 bits per heavy atom. The van der Waals surface area contributed by atoms with Crippen molar-refractivity contribution in [2.24, 2.45) is 22.9 Å². The highest BCUT2D eigenvalue weighted by molar-refractivity contribution is 5.94. The minimum absolute atomic E-state index is 0.419. The Balaban J connectivity index is 0.000000362. The van der Waals surface area contributed by atoms with Gasteiger partial charge in [0.2, 0.25) is 35.1 Å². The summed E-state index contributed by atoms with van der Waals surface area (Å²) in [6.07, 6.45) is 6.67. The number of nitrogens with zero attached hydrogens (tertiary/aromatic N) is 4. The molecule has 0 radical (unpaired) electrons. The Bertz CT molecular complexity index is 1830. The molecule has 4 aromatic rings. The normalized spacial score (nSPS) is 15.7. The summed E-state index contributed by atoms with van der Waals surface area (Å²) in [6.45, 7) is -1.34. The summed E-state index contributed by atoms with van der Waals surface area (Å²) in [5.74, 6) is -7.23. The molecule has 16 N–H and O–H groups in total. The molecular weight excluding hydrogens is 800 g/mol. The largest absolute Gasteiger partial charge is 0.505 e. The zero-order valence-corrected chi connectivity index (χ0v) is 30.9. The fourth-order valence-electron chi connectivity index (χ4n) is 3.71. The van der Waals surface area contributed by atoms with Crippen molar-refractivity contribution in [1.82, 2.24) is 19.9 Å². The van der Waals surface area contributed by atoms with Crippen molar-refractivity contribution in [3.8, 4) is 0 Å². The summed E-state index contributed by atoms with van der Waals surface area (Å²) in [7, 11) is 0. The summed E-state index contributed by atoms with van der Waals surface area (Å²) < 4.78 is 8.63. The second-order valence-electron chi connectivity index (χ2n) is 11.0. The van der Waals surface area contributed by atoms with Crippen LogP contribution in [0.4, 0.5) is 0 Å². The summed E-state index contributed by atoms with van der Waals surface area (Å²) >= 11 is 0. The Morgan fingerprint density at radius 3 is 0.800 bits per heavy atom. The number of aliphatic hydroxyl groups is 8. The number of aliphatic hydroxyl groups excluding tert-OH is 8. The monoisotopic (exact) mass is 840 g/mol. The van der Waals surface area contributed by atoms with E-state index in [1.807, 2.05) is 0 Å². The lowest BCUT2D eigenvalue weighted by Crippen LogP contribution is -2.31. The molecule has 0 fully saturated rings. The van der Waals surface area contributed by atoms with Gasteiger partial charge >= 0.3 is 11.9 Å². The number of carbonyl (C=O) groups excluding carboxylic acids is 6.